The Morgan fingerprint density at radius 2 is 1.88 bits per heavy atom. The average Bonchev–Trinajstić information content (AvgIpc) is 3.32. The zero-order valence-corrected chi connectivity index (χ0v) is 25.2. The third-order valence-electron chi connectivity index (χ3n) is 11.6. The minimum atomic E-state index is -1.16. The minimum Gasteiger partial charge on any atom is -0.383 e. The van der Waals surface area contributed by atoms with Gasteiger partial charge in [-0.2, -0.15) is 0 Å². The number of fused-ring (bicyclic) bond motifs is 5. The molecule has 1 heterocycles. The number of benzene rings is 1. The second-order valence-electron chi connectivity index (χ2n) is 13.6. The number of aliphatic hydroxyl groups is 1. The van der Waals surface area contributed by atoms with E-state index in [0.29, 0.717) is 17.8 Å². The first-order valence-electron chi connectivity index (χ1n) is 15.4. The lowest BCUT2D eigenvalue weighted by atomic mass is 9.46. The van der Waals surface area contributed by atoms with E-state index in [9.17, 15) is 9.90 Å². The van der Waals surface area contributed by atoms with Crippen molar-refractivity contribution in [3.8, 4) is 0 Å². The van der Waals surface area contributed by atoms with Crippen LogP contribution in [0.3, 0.4) is 0 Å². The molecule has 218 valence electrons. The van der Waals surface area contributed by atoms with Gasteiger partial charge in [-0.15, -0.1) is 0 Å². The van der Waals surface area contributed by atoms with Crippen LogP contribution >= 0.6 is 11.8 Å². The third-order valence-corrected chi connectivity index (χ3v) is 12.4. The van der Waals surface area contributed by atoms with Gasteiger partial charge in [-0.1, -0.05) is 43.7 Å². The lowest BCUT2D eigenvalue weighted by Gasteiger charge is -2.60. The van der Waals surface area contributed by atoms with E-state index in [2.05, 4.69) is 19.9 Å². The Hall–Kier alpha value is -1.44. The van der Waals surface area contributed by atoms with Crippen molar-refractivity contribution in [3.05, 3.63) is 54.1 Å². The average molecular weight is 567 g/mol. The van der Waals surface area contributed by atoms with Gasteiger partial charge in [-0.05, 0) is 115 Å². The number of hydrogen-bond acceptors (Lipinski definition) is 6. The summed E-state index contributed by atoms with van der Waals surface area (Å²) in [6.45, 7) is 6.76. The van der Waals surface area contributed by atoms with Crippen molar-refractivity contribution >= 4 is 16.9 Å². The standard InChI is InChI=1S/C34H46O5S/c1-31-18-19-34(38-20-7-21-39-34)22-24(31)10-11-26-27-12-13-29(32(27,2)16-14-28(26)31)33(36,23-37-3)17-15-30(35)40-25-8-5-4-6-9-25/h4-6,8-10,15,17,26-29,36H,7,11-14,16,18-23H2,1-3H3/b17-15+/t26-,27-,28-,29-,31-,32-,33+/m0/s1. The molecule has 0 radical (unpaired) electrons. The van der Waals surface area contributed by atoms with E-state index in [-0.39, 0.29) is 28.5 Å². The predicted molar refractivity (Wildman–Crippen MR) is 158 cm³/mol. The number of rotatable bonds is 6. The number of allylic oxidation sites excluding steroid dienone is 1. The molecular weight excluding hydrogens is 520 g/mol. The van der Waals surface area contributed by atoms with Crippen molar-refractivity contribution in [1.29, 1.82) is 0 Å². The lowest BCUT2D eigenvalue weighted by molar-refractivity contribution is -0.281. The molecule has 1 aromatic rings. The van der Waals surface area contributed by atoms with Crippen molar-refractivity contribution in [2.45, 2.75) is 87.9 Å². The number of ether oxygens (including phenoxy) is 3. The summed E-state index contributed by atoms with van der Waals surface area (Å²) in [5, 5.41) is 12.0. The van der Waals surface area contributed by atoms with E-state index in [1.165, 1.54) is 18.2 Å². The van der Waals surface area contributed by atoms with Gasteiger partial charge >= 0.3 is 0 Å². The molecule has 1 spiro atoms. The summed E-state index contributed by atoms with van der Waals surface area (Å²) in [5.74, 6) is 1.53. The molecule has 1 aliphatic heterocycles. The van der Waals surface area contributed by atoms with Gasteiger partial charge in [0.05, 0.1) is 19.8 Å². The molecule has 5 nitrogen and oxygen atoms in total. The van der Waals surface area contributed by atoms with Gasteiger partial charge in [0.2, 0.25) is 5.12 Å². The fourth-order valence-corrected chi connectivity index (χ4v) is 10.3. The van der Waals surface area contributed by atoms with Crippen LogP contribution in [-0.2, 0) is 19.0 Å². The zero-order valence-electron chi connectivity index (χ0n) is 24.4. The molecule has 1 saturated heterocycles. The molecule has 1 aromatic carbocycles. The van der Waals surface area contributed by atoms with Gasteiger partial charge in [0.15, 0.2) is 5.79 Å². The van der Waals surface area contributed by atoms with Crippen LogP contribution in [0, 0.1) is 34.5 Å². The predicted octanol–water partition coefficient (Wildman–Crippen LogP) is 6.95. The molecular formula is C34H46O5S. The highest BCUT2D eigenvalue weighted by Crippen LogP contribution is 2.68. The second-order valence-corrected chi connectivity index (χ2v) is 14.6. The smallest absolute Gasteiger partial charge is 0.216 e. The fourth-order valence-electron chi connectivity index (χ4n) is 9.64. The fraction of sp³-hybridized carbons (Fsp3) is 0.676. The monoisotopic (exact) mass is 566 g/mol. The quantitative estimate of drug-likeness (QED) is 0.228. The number of thioether (sulfide) groups is 1. The van der Waals surface area contributed by atoms with Gasteiger partial charge < -0.3 is 19.3 Å². The summed E-state index contributed by atoms with van der Waals surface area (Å²) >= 11 is 1.20. The maximum absolute atomic E-state index is 12.8. The molecule has 40 heavy (non-hydrogen) atoms. The van der Waals surface area contributed by atoms with Crippen molar-refractivity contribution in [2.24, 2.45) is 34.5 Å². The minimum absolute atomic E-state index is 0.0155. The summed E-state index contributed by atoms with van der Waals surface area (Å²) in [6, 6.07) is 9.68. The molecule has 6 rings (SSSR count). The van der Waals surface area contributed by atoms with E-state index in [4.69, 9.17) is 14.2 Å². The van der Waals surface area contributed by atoms with Gasteiger partial charge in [0.25, 0.3) is 0 Å². The lowest BCUT2D eigenvalue weighted by Crippen LogP contribution is -2.55. The van der Waals surface area contributed by atoms with E-state index in [0.717, 1.165) is 69.5 Å². The van der Waals surface area contributed by atoms with Crippen LogP contribution in [0.5, 0.6) is 0 Å². The zero-order chi connectivity index (χ0) is 28.0. The maximum atomic E-state index is 12.8. The van der Waals surface area contributed by atoms with Gasteiger partial charge in [-0.3, -0.25) is 4.79 Å². The number of methoxy groups -OCH3 is 1. The number of hydrogen-bond donors (Lipinski definition) is 1. The van der Waals surface area contributed by atoms with Crippen LogP contribution in [0.4, 0.5) is 0 Å². The van der Waals surface area contributed by atoms with Crippen LogP contribution < -0.4 is 0 Å². The van der Waals surface area contributed by atoms with Gasteiger partial charge in [-0.25, -0.2) is 0 Å². The van der Waals surface area contributed by atoms with E-state index < -0.39 is 11.4 Å². The summed E-state index contributed by atoms with van der Waals surface area (Å²) in [4.78, 5) is 13.7. The first-order valence-corrected chi connectivity index (χ1v) is 16.2. The maximum Gasteiger partial charge on any atom is 0.216 e. The van der Waals surface area contributed by atoms with Crippen LogP contribution in [0.1, 0.15) is 71.6 Å². The van der Waals surface area contributed by atoms with Crippen molar-refractivity contribution < 1.29 is 24.1 Å². The first kappa shape index (κ1) is 28.7. The largest absolute Gasteiger partial charge is 0.383 e. The Labute approximate surface area is 244 Å². The van der Waals surface area contributed by atoms with Crippen LogP contribution in [0.25, 0.3) is 0 Å². The molecule has 6 heteroatoms. The summed E-state index contributed by atoms with van der Waals surface area (Å²) in [7, 11) is 1.65. The van der Waals surface area contributed by atoms with Gasteiger partial charge in [0, 0.05) is 24.8 Å². The molecule has 4 aliphatic carbocycles. The molecule has 4 fully saturated rings. The normalized spacial score (nSPS) is 38.2. The Kier molecular flexibility index (Phi) is 7.88. The van der Waals surface area contributed by atoms with Crippen molar-refractivity contribution in [2.75, 3.05) is 26.9 Å². The van der Waals surface area contributed by atoms with E-state index >= 15 is 0 Å². The summed E-state index contributed by atoms with van der Waals surface area (Å²) in [6.07, 6.45) is 15.4. The summed E-state index contributed by atoms with van der Waals surface area (Å²) < 4.78 is 18.1. The molecule has 0 aromatic heterocycles. The number of carbonyl (C=O) groups excluding carboxylic acids is 1. The van der Waals surface area contributed by atoms with Gasteiger partial charge in [0.1, 0.15) is 5.60 Å². The molecule has 0 unspecified atom stereocenters. The van der Waals surface area contributed by atoms with Crippen LogP contribution in [0.2, 0.25) is 0 Å². The van der Waals surface area contributed by atoms with E-state index in [1.807, 2.05) is 30.3 Å². The number of carbonyl (C=O) groups is 1. The third kappa shape index (κ3) is 4.96. The Balaban J connectivity index is 1.21. The van der Waals surface area contributed by atoms with Crippen molar-refractivity contribution in [3.63, 3.8) is 0 Å². The van der Waals surface area contributed by atoms with Crippen LogP contribution in [-0.4, -0.2) is 48.5 Å². The molecule has 1 N–H and O–H groups in total. The Morgan fingerprint density at radius 1 is 1.10 bits per heavy atom. The highest BCUT2D eigenvalue weighted by molar-refractivity contribution is 8.14. The molecule has 0 bridgehead atoms. The SMILES string of the molecule is COC[C@](O)(/C=C/C(=O)Sc1ccccc1)[C@H]1CC[C@H]2[C@@H]3CC=C4CC5(CC[C@]4(C)[C@H]3CC[C@@]21C)OCCCO5. The van der Waals surface area contributed by atoms with Crippen LogP contribution in [0.15, 0.2) is 59.0 Å². The van der Waals surface area contributed by atoms with Crippen molar-refractivity contribution in [1.82, 2.24) is 0 Å². The molecule has 3 saturated carbocycles. The Bertz CT molecular complexity index is 1140. The highest BCUT2D eigenvalue weighted by Gasteiger charge is 2.62. The molecule has 0 amide bonds. The Morgan fingerprint density at radius 3 is 2.62 bits per heavy atom. The summed E-state index contributed by atoms with van der Waals surface area (Å²) in [5.41, 5.74) is 0.626. The highest BCUT2D eigenvalue weighted by atomic mass is 32.2. The van der Waals surface area contributed by atoms with E-state index in [1.54, 1.807) is 24.8 Å². The topological polar surface area (TPSA) is 65.0 Å². The second kappa shape index (κ2) is 11.0. The molecule has 7 atom stereocenters. The molecule has 5 aliphatic rings. The first-order chi connectivity index (χ1) is 19.2.